The zero-order valence-electron chi connectivity index (χ0n) is 11.7. The number of hydrogen-bond donors (Lipinski definition) is 2. The van der Waals surface area contributed by atoms with Gasteiger partial charge in [-0.25, -0.2) is 4.79 Å². The minimum Gasteiger partial charge on any atom is -0.450 e. The van der Waals surface area contributed by atoms with Gasteiger partial charge in [0.1, 0.15) is 0 Å². The summed E-state index contributed by atoms with van der Waals surface area (Å²) < 4.78 is 4.71. The van der Waals surface area contributed by atoms with E-state index in [4.69, 9.17) is 4.74 Å². The standard InChI is InChI=1S/C15H20N2O3/c1-2-20-15(19)16-9-8-14(18)17-13-7-6-11-4-3-5-12(11)10-13/h6-7,10H,2-5,8-9H2,1H3,(H,16,19)(H,17,18). The van der Waals surface area contributed by atoms with Crippen molar-refractivity contribution in [3.63, 3.8) is 0 Å². The van der Waals surface area contributed by atoms with Crippen LogP contribution in [0.15, 0.2) is 18.2 Å². The highest BCUT2D eigenvalue weighted by Gasteiger charge is 2.11. The molecule has 0 heterocycles. The Labute approximate surface area is 118 Å². The van der Waals surface area contributed by atoms with Gasteiger partial charge >= 0.3 is 6.09 Å². The van der Waals surface area contributed by atoms with E-state index in [2.05, 4.69) is 16.7 Å². The van der Waals surface area contributed by atoms with Gasteiger partial charge in [-0.15, -0.1) is 0 Å². The molecule has 1 aliphatic rings. The van der Waals surface area contributed by atoms with Gasteiger partial charge in [-0.3, -0.25) is 4.79 Å². The quantitative estimate of drug-likeness (QED) is 0.866. The summed E-state index contributed by atoms with van der Waals surface area (Å²) in [5, 5.41) is 5.37. The van der Waals surface area contributed by atoms with Gasteiger partial charge in [-0.1, -0.05) is 6.07 Å². The topological polar surface area (TPSA) is 67.4 Å². The van der Waals surface area contributed by atoms with Crippen LogP contribution in [0.4, 0.5) is 10.5 Å². The second kappa shape index (κ2) is 6.93. The molecule has 1 aromatic rings. The fourth-order valence-corrected chi connectivity index (χ4v) is 2.33. The lowest BCUT2D eigenvalue weighted by Crippen LogP contribution is -2.28. The van der Waals surface area contributed by atoms with Crippen molar-refractivity contribution < 1.29 is 14.3 Å². The van der Waals surface area contributed by atoms with Crippen molar-refractivity contribution in [2.45, 2.75) is 32.6 Å². The molecule has 2 N–H and O–H groups in total. The molecule has 0 saturated heterocycles. The molecule has 0 atom stereocenters. The number of aryl methyl sites for hydroxylation is 2. The van der Waals surface area contributed by atoms with Crippen LogP contribution in [0.2, 0.25) is 0 Å². The molecule has 0 fully saturated rings. The lowest BCUT2D eigenvalue weighted by Gasteiger charge is -2.08. The number of nitrogens with one attached hydrogen (secondary N) is 2. The maximum Gasteiger partial charge on any atom is 0.407 e. The Morgan fingerprint density at radius 1 is 1.25 bits per heavy atom. The Kier molecular flexibility index (Phi) is 4.98. The van der Waals surface area contributed by atoms with Crippen molar-refractivity contribution in [1.82, 2.24) is 5.32 Å². The monoisotopic (exact) mass is 276 g/mol. The zero-order valence-corrected chi connectivity index (χ0v) is 11.7. The van der Waals surface area contributed by atoms with Gasteiger partial charge in [0.05, 0.1) is 6.61 Å². The van der Waals surface area contributed by atoms with E-state index in [-0.39, 0.29) is 18.9 Å². The molecule has 108 valence electrons. The first-order chi connectivity index (χ1) is 9.69. The first-order valence-electron chi connectivity index (χ1n) is 7.01. The normalized spacial score (nSPS) is 12.7. The van der Waals surface area contributed by atoms with Crippen molar-refractivity contribution in [1.29, 1.82) is 0 Å². The maximum absolute atomic E-state index is 11.7. The smallest absolute Gasteiger partial charge is 0.407 e. The van der Waals surface area contributed by atoms with Gasteiger partial charge in [-0.2, -0.15) is 0 Å². The lowest BCUT2D eigenvalue weighted by atomic mass is 10.1. The van der Waals surface area contributed by atoms with Crippen LogP contribution in [0.3, 0.4) is 0 Å². The molecule has 20 heavy (non-hydrogen) atoms. The summed E-state index contributed by atoms with van der Waals surface area (Å²) in [5.74, 6) is -0.111. The van der Waals surface area contributed by atoms with Crippen LogP contribution in [0, 0.1) is 0 Å². The highest BCUT2D eigenvalue weighted by atomic mass is 16.5. The fraction of sp³-hybridized carbons (Fsp3) is 0.467. The van der Waals surface area contributed by atoms with Crippen molar-refractivity contribution in [2.75, 3.05) is 18.5 Å². The van der Waals surface area contributed by atoms with Crippen LogP contribution >= 0.6 is 0 Å². The molecule has 5 nitrogen and oxygen atoms in total. The van der Waals surface area contributed by atoms with Gasteiger partial charge in [0, 0.05) is 18.7 Å². The Morgan fingerprint density at radius 3 is 2.85 bits per heavy atom. The highest BCUT2D eigenvalue weighted by molar-refractivity contribution is 5.91. The largest absolute Gasteiger partial charge is 0.450 e. The number of carbonyl (C=O) groups excluding carboxylic acids is 2. The average Bonchev–Trinajstić information content (AvgIpc) is 2.86. The molecule has 5 heteroatoms. The van der Waals surface area contributed by atoms with Gasteiger partial charge in [0.2, 0.25) is 5.91 Å². The minimum absolute atomic E-state index is 0.111. The summed E-state index contributed by atoms with van der Waals surface area (Å²) in [6.45, 7) is 2.34. The molecule has 0 aliphatic heterocycles. The molecule has 0 aromatic heterocycles. The Bertz CT molecular complexity index is 500. The molecule has 1 aromatic carbocycles. The van der Waals surface area contributed by atoms with Crippen LogP contribution in [-0.2, 0) is 22.4 Å². The molecule has 2 rings (SSSR count). The average molecular weight is 276 g/mol. The van der Waals surface area contributed by atoms with E-state index in [1.54, 1.807) is 6.92 Å². The SMILES string of the molecule is CCOC(=O)NCCC(=O)Nc1ccc2c(c1)CCC2. The van der Waals surface area contributed by atoms with Crippen molar-refractivity contribution >= 4 is 17.7 Å². The number of rotatable bonds is 5. The Balaban J connectivity index is 1.76. The number of anilines is 1. The van der Waals surface area contributed by atoms with E-state index in [1.807, 2.05) is 12.1 Å². The number of hydrogen-bond acceptors (Lipinski definition) is 3. The van der Waals surface area contributed by atoms with E-state index in [1.165, 1.54) is 17.5 Å². The van der Waals surface area contributed by atoms with Crippen molar-refractivity contribution in [2.24, 2.45) is 0 Å². The molecule has 0 spiro atoms. The van der Waals surface area contributed by atoms with Crippen LogP contribution in [0.5, 0.6) is 0 Å². The molecular formula is C15H20N2O3. The molecule has 2 amide bonds. The number of alkyl carbamates (subject to hydrolysis) is 1. The van der Waals surface area contributed by atoms with Gasteiger partial charge in [0.25, 0.3) is 0 Å². The first kappa shape index (κ1) is 14.4. The van der Waals surface area contributed by atoms with E-state index in [0.29, 0.717) is 6.61 Å². The molecule has 1 aliphatic carbocycles. The van der Waals surface area contributed by atoms with Gasteiger partial charge in [-0.05, 0) is 49.4 Å². The maximum atomic E-state index is 11.7. The summed E-state index contributed by atoms with van der Waals surface area (Å²) in [4.78, 5) is 22.8. The molecule has 0 unspecified atom stereocenters. The summed E-state index contributed by atoms with van der Waals surface area (Å²) in [6, 6.07) is 6.05. The Morgan fingerprint density at radius 2 is 2.05 bits per heavy atom. The van der Waals surface area contributed by atoms with Crippen molar-refractivity contribution in [3.05, 3.63) is 29.3 Å². The van der Waals surface area contributed by atoms with Crippen molar-refractivity contribution in [3.8, 4) is 0 Å². The fourth-order valence-electron chi connectivity index (χ4n) is 2.33. The predicted octanol–water partition coefficient (Wildman–Crippen LogP) is 2.25. The number of fused-ring (bicyclic) bond motifs is 1. The highest BCUT2D eigenvalue weighted by Crippen LogP contribution is 2.24. The van der Waals surface area contributed by atoms with E-state index >= 15 is 0 Å². The lowest BCUT2D eigenvalue weighted by molar-refractivity contribution is -0.116. The summed E-state index contributed by atoms with van der Waals surface area (Å²) in [5.41, 5.74) is 3.53. The summed E-state index contributed by atoms with van der Waals surface area (Å²) in [7, 11) is 0. The number of ether oxygens (including phenoxy) is 1. The van der Waals surface area contributed by atoms with E-state index in [0.717, 1.165) is 18.5 Å². The second-order valence-electron chi connectivity index (χ2n) is 4.78. The third kappa shape index (κ3) is 3.98. The van der Waals surface area contributed by atoms with E-state index < -0.39 is 6.09 Å². The summed E-state index contributed by atoms with van der Waals surface area (Å²) >= 11 is 0. The second-order valence-corrected chi connectivity index (χ2v) is 4.78. The molecular weight excluding hydrogens is 256 g/mol. The number of amides is 2. The number of carbonyl (C=O) groups is 2. The van der Waals surface area contributed by atoms with Crippen LogP contribution in [0.1, 0.15) is 30.9 Å². The predicted molar refractivity (Wildman–Crippen MR) is 76.7 cm³/mol. The minimum atomic E-state index is -0.488. The molecule has 0 radical (unpaired) electrons. The number of benzene rings is 1. The van der Waals surface area contributed by atoms with Gasteiger partial charge < -0.3 is 15.4 Å². The van der Waals surface area contributed by atoms with Crippen LogP contribution in [-0.4, -0.2) is 25.2 Å². The van der Waals surface area contributed by atoms with Gasteiger partial charge in [0.15, 0.2) is 0 Å². The van der Waals surface area contributed by atoms with Crippen LogP contribution < -0.4 is 10.6 Å². The Hall–Kier alpha value is -2.04. The van der Waals surface area contributed by atoms with E-state index in [9.17, 15) is 9.59 Å². The van der Waals surface area contributed by atoms with Crippen LogP contribution in [0.25, 0.3) is 0 Å². The molecule has 0 bridgehead atoms. The first-order valence-corrected chi connectivity index (χ1v) is 7.01. The summed E-state index contributed by atoms with van der Waals surface area (Å²) in [6.07, 6.45) is 3.15. The molecule has 0 saturated carbocycles. The zero-order chi connectivity index (χ0) is 14.4. The third-order valence-electron chi connectivity index (χ3n) is 3.28. The third-order valence-corrected chi connectivity index (χ3v) is 3.28.